The van der Waals surface area contributed by atoms with Gasteiger partial charge in [-0.3, -0.25) is 0 Å². The van der Waals surface area contributed by atoms with Gasteiger partial charge in [0.2, 0.25) is 0 Å². The number of amides is 2. The van der Waals surface area contributed by atoms with E-state index in [9.17, 15) is 9.59 Å². The summed E-state index contributed by atoms with van der Waals surface area (Å²) < 4.78 is 9.65. The summed E-state index contributed by atoms with van der Waals surface area (Å²) in [6.07, 6.45) is 2.19. The van der Waals surface area contributed by atoms with Crippen molar-refractivity contribution in [3.63, 3.8) is 0 Å². The third-order valence-electron chi connectivity index (χ3n) is 3.60. The van der Waals surface area contributed by atoms with Crippen LogP contribution in [0.4, 0.5) is 15.3 Å². The summed E-state index contributed by atoms with van der Waals surface area (Å²) in [6, 6.07) is 16.5. The molecule has 2 aromatic carbocycles. The lowest BCUT2D eigenvalue weighted by Gasteiger charge is -2.09. The third kappa shape index (κ3) is 7.25. The highest BCUT2D eigenvalue weighted by Crippen LogP contribution is 2.16. The Morgan fingerprint density at radius 3 is 2.38 bits per heavy atom. The van der Waals surface area contributed by atoms with E-state index >= 15 is 0 Å². The number of hydrogen-bond donors (Lipinski definition) is 2. The second-order valence-electron chi connectivity index (χ2n) is 5.63. The summed E-state index contributed by atoms with van der Waals surface area (Å²) in [5.41, 5.74) is 1.92. The molecule has 0 bridgehead atoms. The molecule has 26 heavy (non-hydrogen) atoms. The van der Waals surface area contributed by atoms with Gasteiger partial charge in [-0.15, -0.1) is 0 Å². The Labute approximate surface area is 153 Å². The predicted octanol–water partition coefficient (Wildman–Crippen LogP) is 4.37. The fourth-order valence-electron chi connectivity index (χ4n) is 2.33. The average Bonchev–Trinajstić information content (AvgIpc) is 2.64. The van der Waals surface area contributed by atoms with Gasteiger partial charge in [0.25, 0.3) is 0 Å². The molecule has 0 radical (unpaired) electrons. The van der Waals surface area contributed by atoms with Gasteiger partial charge in [0.15, 0.2) is 0 Å². The number of ether oxygens (including phenoxy) is 2. The molecule has 0 saturated carbocycles. The zero-order valence-corrected chi connectivity index (χ0v) is 14.9. The normalized spacial score (nSPS) is 10.0. The second kappa shape index (κ2) is 10.8. The fraction of sp³-hybridized carbons (Fsp3) is 0.300. The van der Waals surface area contributed by atoms with Crippen LogP contribution in [0.5, 0.6) is 5.75 Å². The lowest BCUT2D eigenvalue weighted by molar-refractivity contribution is 0.104. The minimum Gasteiger partial charge on any atom is -0.434 e. The van der Waals surface area contributed by atoms with Crippen LogP contribution in [0.1, 0.15) is 25.3 Å². The van der Waals surface area contributed by atoms with Crippen molar-refractivity contribution < 1.29 is 19.1 Å². The number of hydrogen-bond acceptors (Lipinski definition) is 4. The molecule has 6 nitrogen and oxygen atoms in total. The molecule has 0 aliphatic heterocycles. The summed E-state index contributed by atoms with van der Waals surface area (Å²) in [4.78, 5) is 23.1. The molecule has 0 aliphatic carbocycles. The van der Waals surface area contributed by atoms with E-state index in [1.807, 2.05) is 18.2 Å². The summed E-state index contributed by atoms with van der Waals surface area (Å²) in [6.45, 7) is 2.57. The molecule has 2 N–H and O–H groups in total. The highest BCUT2D eigenvalue weighted by atomic mass is 16.7. The Hall–Kier alpha value is -3.02. The largest absolute Gasteiger partial charge is 0.513 e. The highest BCUT2D eigenvalue weighted by Gasteiger charge is 2.06. The molecule has 0 saturated heterocycles. The fourth-order valence-corrected chi connectivity index (χ4v) is 2.33. The SMILES string of the molecule is CCOC(=O)Oc1ccc(NC(=O)NCCCCc2ccccc2)cc1. The van der Waals surface area contributed by atoms with Crippen LogP contribution in [-0.4, -0.2) is 25.3 Å². The van der Waals surface area contributed by atoms with Crippen LogP contribution in [0.15, 0.2) is 54.6 Å². The van der Waals surface area contributed by atoms with Crippen LogP contribution in [0.2, 0.25) is 0 Å². The van der Waals surface area contributed by atoms with Gasteiger partial charge in [0.1, 0.15) is 5.75 Å². The molecule has 0 heterocycles. The van der Waals surface area contributed by atoms with Gasteiger partial charge in [-0.05, 0) is 56.0 Å². The van der Waals surface area contributed by atoms with Gasteiger partial charge in [-0.25, -0.2) is 9.59 Å². The van der Waals surface area contributed by atoms with Crippen molar-refractivity contribution >= 4 is 17.9 Å². The minimum atomic E-state index is -0.749. The number of unbranched alkanes of at least 4 members (excludes halogenated alkanes) is 1. The number of benzene rings is 2. The van der Waals surface area contributed by atoms with E-state index in [0.717, 1.165) is 19.3 Å². The number of rotatable bonds is 8. The van der Waals surface area contributed by atoms with E-state index in [-0.39, 0.29) is 12.6 Å². The molecule has 0 aliphatic rings. The first-order valence-electron chi connectivity index (χ1n) is 8.71. The van der Waals surface area contributed by atoms with Crippen molar-refractivity contribution in [1.82, 2.24) is 5.32 Å². The number of urea groups is 1. The Morgan fingerprint density at radius 1 is 0.962 bits per heavy atom. The van der Waals surface area contributed by atoms with Crippen molar-refractivity contribution in [3.8, 4) is 5.75 Å². The van der Waals surface area contributed by atoms with Gasteiger partial charge in [0.05, 0.1) is 6.61 Å². The molecule has 0 unspecified atom stereocenters. The average molecular weight is 356 g/mol. The molecule has 2 aromatic rings. The van der Waals surface area contributed by atoms with Crippen molar-refractivity contribution in [2.75, 3.05) is 18.5 Å². The van der Waals surface area contributed by atoms with E-state index in [0.29, 0.717) is 18.0 Å². The molecule has 2 rings (SSSR count). The number of aryl methyl sites for hydroxylation is 1. The zero-order valence-electron chi connectivity index (χ0n) is 14.9. The topological polar surface area (TPSA) is 76.7 Å². The summed E-state index contributed by atoms with van der Waals surface area (Å²) >= 11 is 0. The quantitative estimate of drug-likeness (QED) is 0.418. The Kier molecular flexibility index (Phi) is 7.99. The van der Waals surface area contributed by atoms with Gasteiger partial charge in [-0.2, -0.15) is 0 Å². The minimum absolute atomic E-state index is 0.254. The number of carbonyl (C=O) groups is 2. The molecule has 6 heteroatoms. The Bertz CT molecular complexity index is 687. The number of carbonyl (C=O) groups excluding carboxylic acids is 2. The zero-order chi connectivity index (χ0) is 18.6. The van der Waals surface area contributed by atoms with Gasteiger partial charge >= 0.3 is 12.2 Å². The van der Waals surface area contributed by atoms with E-state index in [1.54, 1.807) is 31.2 Å². The lowest BCUT2D eigenvalue weighted by Crippen LogP contribution is -2.29. The van der Waals surface area contributed by atoms with E-state index in [2.05, 4.69) is 22.8 Å². The molecular formula is C20H24N2O4. The van der Waals surface area contributed by atoms with Crippen LogP contribution in [0, 0.1) is 0 Å². The summed E-state index contributed by atoms with van der Waals surface area (Å²) in [5.74, 6) is 0.357. The van der Waals surface area contributed by atoms with E-state index in [1.165, 1.54) is 5.56 Å². The first-order valence-corrected chi connectivity index (χ1v) is 8.71. The maximum atomic E-state index is 11.9. The number of anilines is 1. The molecule has 2 amide bonds. The van der Waals surface area contributed by atoms with Crippen LogP contribution in [0.25, 0.3) is 0 Å². The molecule has 0 spiro atoms. The van der Waals surface area contributed by atoms with Crippen LogP contribution < -0.4 is 15.4 Å². The maximum Gasteiger partial charge on any atom is 0.513 e. The molecular weight excluding hydrogens is 332 g/mol. The van der Waals surface area contributed by atoms with E-state index < -0.39 is 6.16 Å². The van der Waals surface area contributed by atoms with Crippen LogP contribution in [0.3, 0.4) is 0 Å². The van der Waals surface area contributed by atoms with Crippen molar-refractivity contribution in [2.45, 2.75) is 26.2 Å². The Balaban J connectivity index is 1.63. The van der Waals surface area contributed by atoms with Crippen LogP contribution >= 0.6 is 0 Å². The summed E-state index contributed by atoms with van der Waals surface area (Å²) in [5, 5.41) is 5.56. The monoisotopic (exact) mass is 356 g/mol. The van der Waals surface area contributed by atoms with E-state index in [4.69, 9.17) is 9.47 Å². The lowest BCUT2D eigenvalue weighted by atomic mass is 10.1. The Morgan fingerprint density at radius 2 is 1.69 bits per heavy atom. The van der Waals surface area contributed by atoms with Crippen molar-refractivity contribution in [2.24, 2.45) is 0 Å². The third-order valence-corrected chi connectivity index (χ3v) is 3.60. The predicted molar refractivity (Wildman–Crippen MR) is 100 cm³/mol. The highest BCUT2D eigenvalue weighted by molar-refractivity contribution is 5.89. The van der Waals surface area contributed by atoms with Crippen molar-refractivity contribution in [3.05, 3.63) is 60.2 Å². The first-order chi connectivity index (χ1) is 12.7. The molecule has 0 aromatic heterocycles. The second-order valence-corrected chi connectivity index (χ2v) is 5.63. The maximum absolute atomic E-state index is 11.9. The van der Waals surface area contributed by atoms with Crippen LogP contribution in [-0.2, 0) is 11.2 Å². The smallest absolute Gasteiger partial charge is 0.434 e. The van der Waals surface area contributed by atoms with Gasteiger partial charge in [-0.1, -0.05) is 30.3 Å². The number of nitrogens with one attached hydrogen (secondary N) is 2. The summed E-state index contributed by atoms with van der Waals surface area (Å²) in [7, 11) is 0. The van der Waals surface area contributed by atoms with Gasteiger partial charge in [0, 0.05) is 12.2 Å². The first kappa shape index (κ1) is 19.3. The van der Waals surface area contributed by atoms with Gasteiger partial charge < -0.3 is 20.1 Å². The standard InChI is InChI=1S/C20H24N2O4/c1-2-25-20(24)26-18-13-11-17(12-14-18)22-19(23)21-15-7-6-10-16-8-4-3-5-9-16/h3-5,8-9,11-14H,2,6-7,10,15H2,1H3,(H2,21,22,23). The van der Waals surface area contributed by atoms with Crippen molar-refractivity contribution in [1.29, 1.82) is 0 Å². The molecule has 0 fully saturated rings. The molecule has 138 valence electrons. The molecule has 0 atom stereocenters.